The van der Waals surface area contributed by atoms with Gasteiger partial charge in [-0.1, -0.05) is 0 Å². The Morgan fingerprint density at radius 3 is 1.57 bits per heavy atom. The summed E-state index contributed by atoms with van der Waals surface area (Å²) in [5.41, 5.74) is 12.8. The monoisotopic (exact) mass is 412 g/mol. The molecule has 158 valence electrons. The molecule has 30 heavy (non-hydrogen) atoms. The van der Waals surface area contributed by atoms with Gasteiger partial charge in [-0.15, -0.1) is 10.2 Å². The molecule has 0 amide bonds. The number of phenolic OH excluding ortho intramolecular Hbond substituents is 2. The van der Waals surface area contributed by atoms with E-state index in [0.717, 1.165) is 0 Å². The van der Waals surface area contributed by atoms with Gasteiger partial charge in [0.1, 0.15) is 0 Å². The zero-order chi connectivity index (χ0) is 21.9. The summed E-state index contributed by atoms with van der Waals surface area (Å²) in [5, 5.41) is 34.6. The summed E-state index contributed by atoms with van der Waals surface area (Å²) < 4.78 is 10.6. The van der Waals surface area contributed by atoms with Crippen LogP contribution in [0.3, 0.4) is 0 Å². The number of nitrogens with zero attached hydrogens (tertiary/aromatic N) is 4. The Morgan fingerprint density at radius 2 is 1.20 bits per heavy atom. The Hall–Kier alpha value is -4.08. The molecular formula is C20H24N6O4. The summed E-state index contributed by atoms with van der Waals surface area (Å²) >= 11 is 0. The van der Waals surface area contributed by atoms with Crippen LogP contribution in [0.1, 0.15) is 25.0 Å². The lowest BCUT2D eigenvalue weighted by Gasteiger charge is -2.05. The van der Waals surface area contributed by atoms with Crippen LogP contribution in [0.4, 0.5) is 0 Å². The SMILES string of the molecule is CCOc1cc(C=NN=C(N)C(N)=NN=Cc2ccc(O)c(OCC)c2)ccc1O. The number of hydrogen-bond acceptors (Lipinski definition) is 8. The maximum Gasteiger partial charge on any atom is 0.190 e. The van der Waals surface area contributed by atoms with Crippen molar-refractivity contribution >= 4 is 24.1 Å². The van der Waals surface area contributed by atoms with Crippen LogP contribution in [0, 0.1) is 0 Å². The fourth-order valence-electron chi connectivity index (χ4n) is 2.18. The normalized spacial score (nSPS) is 12.6. The summed E-state index contributed by atoms with van der Waals surface area (Å²) in [4.78, 5) is 0. The summed E-state index contributed by atoms with van der Waals surface area (Å²) in [7, 11) is 0. The van der Waals surface area contributed by atoms with Crippen molar-refractivity contribution in [3.8, 4) is 23.0 Å². The van der Waals surface area contributed by atoms with E-state index in [1.807, 2.05) is 13.8 Å². The van der Waals surface area contributed by atoms with E-state index in [1.54, 1.807) is 24.3 Å². The van der Waals surface area contributed by atoms with Gasteiger partial charge >= 0.3 is 0 Å². The molecule has 0 atom stereocenters. The lowest BCUT2D eigenvalue weighted by Crippen LogP contribution is -2.30. The number of rotatable bonds is 8. The molecule has 0 aliphatic carbocycles. The Morgan fingerprint density at radius 1 is 0.800 bits per heavy atom. The molecule has 0 aliphatic rings. The molecule has 6 N–H and O–H groups in total. The maximum absolute atomic E-state index is 9.69. The third kappa shape index (κ3) is 6.51. The second-order valence-corrected chi connectivity index (χ2v) is 5.78. The molecule has 2 aromatic carbocycles. The lowest BCUT2D eigenvalue weighted by molar-refractivity contribution is 0.318. The van der Waals surface area contributed by atoms with E-state index in [0.29, 0.717) is 35.8 Å². The van der Waals surface area contributed by atoms with Gasteiger partial charge in [0.05, 0.1) is 25.6 Å². The van der Waals surface area contributed by atoms with Crippen LogP contribution in [0.2, 0.25) is 0 Å². The predicted molar refractivity (Wildman–Crippen MR) is 117 cm³/mol. The van der Waals surface area contributed by atoms with Crippen LogP contribution in [0.5, 0.6) is 23.0 Å². The Kier molecular flexibility index (Phi) is 8.18. The average molecular weight is 412 g/mol. The molecule has 0 bridgehead atoms. The lowest BCUT2D eigenvalue weighted by atomic mass is 10.2. The highest BCUT2D eigenvalue weighted by Crippen LogP contribution is 2.26. The van der Waals surface area contributed by atoms with E-state index in [1.165, 1.54) is 24.6 Å². The summed E-state index contributed by atoms with van der Waals surface area (Å²) in [6.07, 6.45) is 2.86. The van der Waals surface area contributed by atoms with E-state index in [-0.39, 0.29) is 23.2 Å². The highest BCUT2D eigenvalue weighted by atomic mass is 16.5. The smallest absolute Gasteiger partial charge is 0.190 e. The topological polar surface area (TPSA) is 160 Å². The van der Waals surface area contributed by atoms with E-state index < -0.39 is 0 Å². The molecular weight excluding hydrogens is 388 g/mol. The fraction of sp³-hybridized carbons (Fsp3) is 0.200. The molecule has 0 aromatic heterocycles. The molecule has 10 nitrogen and oxygen atoms in total. The largest absolute Gasteiger partial charge is 0.504 e. The van der Waals surface area contributed by atoms with Gasteiger partial charge in [-0.05, 0) is 61.4 Å². The van der Waals surface area contributed by atoms with Crippen LogP contribution >= 0.6 is 0 Å². The van der Waals surface area contributed by atoms with E-state index >= 15 is 0 Å². The fourth-order valence-corrected chi connectivity index (χ4v) is 2.18. The minimum atomic E-state index is -0.118. The van der Waals surface area contributed by atoms with Crippen molar-refractivity contribution in [2.45, 2.75) is 13.8 Å². The number of hydrogen-bond donors (Lipinski definition) is 4. The van der Waals surface area contributed by atoms with Gasteiger partial charge in [0.15, 0.2) is 34.7 Å². The molecule has 0 radical (unpaired) electrons. The van der Waals surface area contributed by atoms with Crippen LogP contribution in [0.15, 0.2) is 56.8 Å². The van der Waals surface area contributed by atoms with Gasteiger partial charge < -0.3 is 31.2 Å². The number of amidine groups is 2. The summed E-state index contributed by atoms with van der Waals surface area (Å²) in [6, 6.07) is 9.49. The second-order valence-electron chi connectivity index (χ2n) is 5.78. The molecule has 0 spiro atoms. The van der Waals surface area contributed by atoms with Crippen molar-refractivity contribution in [3.63, 3.8) is 0 Å². The van der Waals surface area contributed by atoms with Gasteiger partial charge in [0, 0.05) is 0 Å². The Bertz CT molecular complexity index is 906. The van der Waals surface area contributed by atoms with E-state index in [4.69, 9.17) is 20.9 Å². The van der Waals surface area contributed by atoms with Crippen molar-refractivity contribution in [2.75, 3.05) is 13.2 Å². The minimum Gasteiger partial charge on any atom is -0.504 e. The van der Waals surface area contributed by atoms with Gasteiger partial charge in [0.2, 0.25) is 0 Å². The summed E-state index contributed by atoms with van der Waals surface area (Å²) in [6.45, 7) is 4.47. The zero-order valence-corrected chi connectivity index (χ0v) is 16.7. The first-order valence-corrected chi connectivity index (χ1v) is 9.09. The predicted octanol–water partition coefficient (Wildman–Crippen LogP) is 1.98. The highest BCUT2D eigenvalue weighted by Gasteiger charge is 2.03. The summed E-state index contributed by atoms with van der Waals surface area (Å²) in [5.74, 6) is 0.522. The van der Waals surface area contributed by atoms with Gasteiger partial charge in [-0.25, -0.2) is 0 Å². The number of nitrogens with two attached hydrogens (primary N) is 2. The standard InChI is InChI=1S/C20H24N6O4/c1-3-29-17-9-13(5-7-15(17)27)11-23-25-19(21)20(22)26-24-12-14-6-8-16(28)18(10-14)30-4-2/h5-12,27-28H,3-4H2,1-2H3,(H2,21,25)(H2,22,26). The van der Waals surface area contributed by atoms with Crippen LogP contribution < -0.4 is 20.9 Å². The second kappa shape index (κ2) is 11.1. The molecule has 0 unspecified atom stereocenters. The first-order chi connectivity index (χ1) is 14.4. The molecule has 0 saturated carbocycles. The molecule has 0 fully saturated rings. The van der Waals surface area contributed by atoms with Crippen molar-refractivity contribution < 1.29 is 19.7 Å². The van der Waals surface area contributed by atoms with Crippen molar-refractivity contribution in [1.29, 1.82) is 0 Å². The molecule has 2 rings (SSSR count). The third-order valence-electron chi connectivity index (χ3n) is 3.57. The molecule has 0 aliphatic heterocycles. The van der Waals surface area contributed by atoms with Crippen molar-refractivity contribution in [1.82, 2.24) is 0 Å². The van der Waals surface area contributed by atoms with Gasteiger partial charge in [0.25, 0.3) is 0 Å². The quantitative estimate of drug-likeness (QED) is 0.294. The Labute approximate surface area is 173 Å². The first kappa shape index (κ1) is 22.2. The molecule has 2 aromatic rings. The third-order valence-corrected chi connectivity index (χ3v) is 3.57. The highest BCUT2D eigenvalue weighted by molar-refractivity contribution is 6.39. The molecule has 0 saturated heterocycles. The van der Waals surface area contributed by atoms with Crippen molar-refractivity contribution in [3.05, 3.63) is 47.5 Å². The van der Waals surface area contributed by atoms with E-state index in [9.17, 15) is 10.2 Å². The van der Waals surface area contributed by atoms with Crippen molar-refractivity contribution in [2.24, 2.45) is 31.9 Å². The van der Waals surface area contributed by atoms with Gasteiger partial charge in [-0.3, -0.25) is 0 Å². The number of phenols is 2. The van der Waals surface area contributed by atoms with Crippen LogP contribution in [-0.2, 0) is 0 Å². The number of aromatic hydroxyl groups is 2. The van der Waals surface area contributed by atoms with E-state index in [2.05, 4.69) is 20.4 Å². The molecule has 10 heteroatoms. The maximum atomic E-state index is 9.69. The minimum absolute atomic E-state index is 0.0354. The van der Waals surface area contributed by atoms with Crippen LogP contribution in [-0.4, -0.2) is 47.5 Å². The number of benzene rings is 2. The number of ether oxygens (including phenoxy) is 2. The zero-order valence-electron chi connectivity index (χ0n) is 16.7. The Balaban J connectivity index is 2.05. The van der Waals surface area contributed by atoms with Crippen LogP contribution in [0.25, 0.3) is 0 Å². The van der Waals surface area contributed by atoms with Gasteiger partial charge in [-0.2, -0.15) is 10.2 Å². The first-order valence-electron chi connectivity index (χ1n) is 9.09. The average Bonchev–Trinajstić information content (AvgIpc) is 2.72. The molecule has 0 heterocycles.